The van der Waals surface area contributed by atoms with Gasteiger partial charge in [-0.2, -0.15) is 0 Å². The first-order chi connectivity index (χ1) is 7.60. The lowest BCUT2D eigenvalue weighted by molar-refractivity contribution is 0.810. The maximum absolute atomic E-state index is 3.65. The first-order valence-corrected chi connectivity index (χ1v) is 8.46. The second-order valence-electron chi connectivity index (χ2n) is 3.88. The lowest BCUT2D eigenvalue weighted by atomic mass is 9.77. The third-order valence-electron chi connectivity index (χ3n) is 2.22. The van der Waals surface area contributed by atoms with Crippen LogP contribution >= 0.6 is 47.6 Å². The Balaban J connectivity index is 4.07. The number of halogens is 3. The number of allylic oxidation sites excluding steroid dienone is 2. The van der Waals surface area contributed by atoms with E-state index in [1.165, 1.54) is 34.6 Å². The van der Waals surface area contributed by atoms with Crippen LogP contribution in [0.2, 0.25) is 0 Å². The van der Waals surface area contributed by atoms with Gasteiger partial charge in [0, 0.05) is 0 Å². The van der Waals surface area contributed by atoms with Crippen LogP contribution < -0.4 is 0 Å². The summed E-state index contributed by atoms with van der Waals surface area (Å²) in [6.45, 7) is 4.43. The molecule has 0 atom stereocenters. The van der Waals surface area contributed by atoms with Crippen molar-refractivity contribution in [3.05, 3.63) is 20.9 Å². The summed E-state index contributed by atoms with van der Waals surface area (Å²) in [7, 11) is 0. The minimum Gasteiger partial charge on any atom is -0.144 e. The Morgan fingerprint density at radius 2 is 1.31 bits per heavy atom. The molecule has 16 heavy (non-hydrogen) atoms. The maximum Gasteiger partial charge on any atom is 0.274 e. The van der Waals surface area contributed by atoms with E-state index >= 15 is 0 Å². The molecule has 0 rings (SSSR count). The van der Waals surface area contributed by atoms with Crippen molar-refractivity contribution in [2.24, 2.45) is 0 Å². The van der Waals surface area contributed by atoms with Crippen molar-refractivity contribution >= 4 is 53.2 Å². The third kappa shape index (κ3) is 10.2. The number of unbranched alkanes of at least 4 members (excludes halogenated alkanes) is 2. The van der Waals surface area contributed by atoms with Crippen LogP contribution in [0.1, 0.15) is 52.4 Å². The van der Waals surface area contributed by atoms with Crippen LogP contribution in [-0.2, 0) is 0 Å². The second kappa shape index (κ2) is 11.1. The molecule has 0 saturated carbocycles. The van der Waals surface area contributed by atoms with Crippen molar-refractivity contribution in [1.29, 1.82) is 0 Å². The van der Waals surface area contributed by atoms with E-state index in [1.54, 1.807) is 0 Å². The zero-order valence-electron chi connectivity index (χ0n) is 10.1. The molecule has 0 amide bonds. The van der Waals surface area contributed by atoms with E-state index in [4.69, 9.17) is 0 Å². The van der Waals surface area contributed by atoms with Crippen LogP contribution in [-0.4, -0.2) is 5.54 Å². The third-order valence-corrected chi connectivity index (χ3v) is 4.07. The predicted molar refractivity (Wildman–Crippen MR) is 87.8 cm³/mol. The summed E-state index contributed by atoms with van der Waals surface area (Å²) in [6.07, 6.45) is 7.25. The minimum absolute atomic E-state index is 0.324. The van der Waals surface area contributed by atoms with Crippen molar-refractivity contribution in [2.45, 2.75) is 52.4 Å². The summed E-state index contributed by atoms with van der Waals surface area (Å²) in [5.41, 5.74) is 0.324. The molecular weight excluding hydrogens is 395 g/mol. The molecule has 0 aliphatic heterocycles. The molecule has 0 aromatic rings. The Hall–Kier alpha value is 0.985. The molecule has 0 nitrogen and oxygen atoms in total. The molecule has 92 valence electrons. The topological polar surface area (TPSA) is 0 Å². The summed E-state index contributed by atoms with van der Waals surface area (Å²) in [5, 5.41) is 0. The number of rotatable bonds is 8. The van der Waals surface area contributed by atoms with Crippen LogP contribution in [0, 0.1) is 0 Å². The highest BCUT2D eigenvalue weighted by molar-refractivity contribution is 9.25. The van der Waals surface area contributed by atoms with Crippen molar-refractivity contribution in [1.82, 2.24) is 0 Å². The van der Waals surface area contributed by atoms with Gasteiger partial charge >= 0.3 is 0 Å². The average molecular weight is 415 g/mol. The second-order valence-corrected chi connectivity index (χ2v) is 6.97. The Kier molecular flexibility index (Phi) is 11.8. The number of hydrogen-bond acceptors (Lipinski definition) is 0. The fourth-order valence-corrected chi connectivity index (χ4v) is 3.73. The van der Waals surface area contributed by atoms with Gasteiger partial charge in [-0.15, -0.1) is 15.8 Å². The highest BCUT2D eigenvalue weighted by Crippen LogP contribution is 2.20. The zero-order chi connectivity index (χ0) is 12.4. The van der Waals surface area contributed by atoms with Crippen LogP contribution in [0.3, 0.4) is 0 Å². The first-order valence-electron chi connectivity index (χ1n) is 5.96. The largest absolute Gasteiger partial charge is 0.274 e. The molecule has 0 heterocycles. The standard InChI is InChI=1S/C12H20BBr3/c1-3-5-7-11(14)9-13(16)10-12(15)8-6-4-2/h9-10H,3-8H2,1-2H3. The molecular formula is C12H20BBr3. The Labute approximate surface area is 126 Å². The van der Waals surface area contributed by atoms with Crippen molar-refractivity contribution < 1.29 is 0 Å². The van der Waals surface area contributed by atoms with E-state index in [9.17, 15) is 0 Å². The van der Waals surface area contributed by atoms with Gasteiger partial charge < -0.3 is 0 Å². The normalized spacial score (nSPS) is 13.1. The van der Waals surface area contributed by atoms with E-state index in [2.05, 4.69) is 73.4 Å². The van der Waals surface area contributed by atoms with Gasteiger partial charge in [0.25, 0.3) is 5.54 Å². The highest BCUT2D eigenvalue weighted by Gasteiger charge is 2.04. The van der Waals surface area contributed by atoms with Crippen molar-refractivity contribution in [2.75, 3.05) is 0 Å². The zero-order valence-corrected chi connectivity index (χ0v) is 14.9. The summed E-state index contributed by atoms with van der Waals surface area (Å²) in [6, 6.07) is 0. The Bertz CT molecular complexity index is 212. The molecule has 0 aromatic carbocycles. The van der Waals surface area contributed by atoms with Gasteiger partial charge in [0.05, 0.1) is 0 Å². The van der Waals surface area contributed by atoms with Gasteiger partial charge in [-0.3, -0.25) is 0 Å². The van der Waals surface area contributed by atoms with Gasteiger partial charge in [0.15, 0.2) is 0 Å². The Morgan fingerprint density at radius 3 is 1.62 bits per heavy atom. The van der Waals surface area contributed by atoms with Crippen LogP contribution in [0.5, 0.6) is 0 Å². The molecule has 0 saturated heterocycles. The van der Waals surface area contributed by atoms with E-state index in [0.717, 1.165) is 12.8 Å². The van der Waals surface area contributed by atoms with Crippen molar-refractivity contribution in [3.8, 4) is 0 Å². The van der Waals surface area contributed by atoms with Gasteiger partial charge in [-0.25, -0.2) is 0 Å². The lowest BCUT2D eigenvalue weighted by Gasteiger charge is -2.01. The summed E-state index contributed by atoms with van der Waals surface area (Å²) >= 11 is 10.9. The monoisotopic (exact) mass is 412 g/mol. The minimum atomic E-state index is 0.324. The van der Waals surface area contributed by atoms with Gasteiger partial charge in [-0.1, -0.05) is 70.5 Å². The molecule has 0 aliphatic carbocycles. The molecule has 0 aliphatic rings. The lowest BCUT2D eigenvalue weighted by Crippen LogP contribution is -1.96. The highest BCUT2D eigenvalue weighted by atomic mass is 79.9. The fraction of sp³-hybridized carbons (Fsp3) is 0.667. The molecule has 0 fully saturated rings. The molecule has 0 unspecified atom stereocenters. The number of hydrogen-bond donors (Lipinski definition) is 0. The molecule has 0 spiro atoms. The van der Waals surface area contributed by atoms with Crippen LogP contribution in [0.4, 0.5) is 0 Å². The summed E-state index contributed by atoms with van der Waals surface area (Å²) in [4.78, 5) is 0. The first kappa shape index (κ1) is 17.0. The quantitative estimate of drug-likeness (QED) is 0.404. The molecule has 0 aromatic heterocycles. The molecule has 0 N–H and O–H groups in total. The van der Waals surface area contributed by atoms with E-state index < -0.39 is 0 Å². The van der Waals surface area contributed by atoms with E-state index in [1.807, 2.05) is 0 Å². The average Bonchev–Trinajstić information content (AvgIpc) is 2.23. The van der Waals surface area contributed by atoms with E-state index in [-0.39, 0.29) is 0 Å². The molecule has 4 heteroatoms. The van der Waals surface area contributed by atoms with E-state index in [0.29, 0.717) is 5.54 Å². The Morgan fingerprint density at radius 1 is 0.938 bits per heavy atom. The van der Waals surface area contributed by atoms with Gasteiger partial charge in [0.1, 0.15) is 0 Å². The summed E-state index contributed by atoms with van der Waals surface area (Å²) < 4.78 is 2.59. The summed E-state index contributed by atoms with van der Waals surface area (Å²) in [5.74, 6) is 4.45. The smallest absolute Gasteiger partial charge is 0.144 e. The predicted octanol–water partition coefficient (Wildman–Crippen LogP) is 6.39. The van der Waals surface area contributed by atoms with Gasteiger partial charge in [0.2, 0.25) is 0 Å². The maximum atomic E-state index is 3.65. The fourth-order valence-electron chi connectivity index (χ4n) is 1.25. The SMILES string of the molecule is CCCCC(Br)=CB(Br)C=C(Br)CCCC. The van der Waals surface area contributed by atoms with Crippen LogP contribution in [0.15, 0.2) is 20.9 Å². The molecule has 0 bridgehead atoms. The molecule has 0 radical (unpaired) electrons. The van der Waals surface area contributed by atoms with Crippen LogP contribution in [0.25, 0.3) is 0 Å². The van der Waals surface area contributed by atoms with Gasteiger partial charge in [-0.05, 0) is 34.6 Å². The van der Waals surface area contributed by atoms with Crippen molar-refractivity contribution in [3.63, 3.8) is 0 Å².